The van der Waals surface area contributed by atoms with Gasteiger partial charge in [-0.2, -0.15) is 4.39 Å². The molecule has 0 spiro atoms. The third-order valence-electron chi connectivity index (χ3n) is 0.681. The van der Waals surface area contributed by atoms with E-state index in [0.717, 1.165) is 0 Å². The van der Waals surface area contributed by atoms with Crippen molar-refractivity contribution < 1.29 is 4.39 Å². The van der Waals surface area contributed by atoms with Crippen molar-refractivity contribution in [2.75, 3.05) is 0 Å². The molecule has 0 aliphatic heterocycles. The molecule has 1 rings (SSSR count). The standard InChI is InChI=1S/C5H3BrFN/c6-4-2-1-3-5(7)8-4/h1-3H/i7-1. The van der Waals surface area contributed by atoms with Crippen molar-refractivity contribution in [3.63, 3.8) is 0 Å². The van der Waals surface area contributed by atoms with Gasteiger partial charge in [-0.3, -0.25) is 0 Å². The Labute approximate surface area is 54.7 Å². The van der Waals surface area contributed by atoms with Crippen molar-refractivity contribution in [3.05, 3.63) is 28.7 Å². The van der Waals surface area contributed by atoms with Gasteiger partial charge in [0, 0.05) is 0 Å². The molecule has 0 N–H and O–H groups in total. The summed E-state index contributed by atoms with van der Waals surface area (Å²) in [7, 11) is 0. The van der Waals surface area contributed by atoms with Crippen LogP contribution in [0.1, 0.15) is 0 Å². The van der Waals surface area contributed by atoms with E-state index in [2.05, 4.69) is 20.9 Å². The first-order chi connectivity index (χ1) is 3.79. The van der Waals surface area contributed by atoms with Crippen LogP contribution in [0.15, 0.2) is 22.8 Å². The Morgan fingerprint density at radius 2 is 2.25 bits per heavy atom. The van der Waals surface area contributed by atoms with Crippen LogP contribution in [0.4, 0.5) is 4.39 Å². The lowest BCUT2D eigenvalue weighted by Crippen LogP contribution is -1.78. The number of hydrogen-bond donors (Lipinski definition) is 0. The summed E-state index contributed by atoms with van der Waals surface area (Å²) in [5, 5.41) is 0. The number of hydrogen-bond acceptors (Lipinski definition) is 1. The molecule has 3 heteroatoms. The molecule has 0 atom stereocenters. The van der Waals surface area contributed by atoms with Gasteiger partial charge in [0.25, 0.3) is 0 Å². The van der Waals surface area contributed by atoms with Crippen LogP contribution in [0.3, 0.4) is 0 Å². The molecule has 1 aromatic heterocycles. The molecule has 1 nitrogen and oxygen atoms in total. The summed E-state index contributed by atoms with van der Waals surface area (Å²) < 4.78 is 12.6. The van der Waals surface area contributed by atoms with Gasteiger partial charge in [0.15, 0.2) is 0 Å². The Kier molecular flexibility index (Phi) is 1.58. The van der Waals surface area contributed by atoms with Crippen molar-refractivity contribution in [2.24, 2.45) is 0 Å². The fourth-order valence-corrected chi connectivity index (χ4v) is 0.705. The van der Waals surface area contributed by atoms with Gasteiger partial charge >= 0.3 is 0 Å². The van der Waals surface area contributed by atoms with E-state index in [1.54, 1.807) is 12.1 Å². The lowest BCUT2D eigenvalue weighted by atomic mass is 10.5. The smallest absolute Gasteiger partial charge is 0.213 e. The van der Waals surface area contributed by atoms with Gasteiger partial charge < -0.3 is 0 Å². The first kappa shape index (κ1) is 5.69. The van der Waals surface area contributed by atoms with Crippen molar-refractivity contribution in [1.82, 2.24) is 4.98 Å². The van der Waals surface area contributed by atoms with Crippen LogP contribution in [0.5, 0.6) is 0 Å². The summed E-state index contributed by atoms with van der Waals surface area (Å²) in [5.74, 6) is -0.459. The van der Waals surface area contributed by atoms with Crippen molar-refractivity contribution in [3.8, 4) is 0 Å². The van der Waals surface area contributed by atoms with Crippen LogP contribution in [0, 0.1) is 5.95 Å². The molecular formula is C5H3BrFN. The molecule has 0 amide bonds. The summed E-state index contributed by atoms with van der Waals surface area (Å²) in [4.78, 5) is 3.42. The zero-order chi connectivity index (χ0) is 5.98. The predicted molar refractivity (Wildman–Crippen MR) is 31.9 cm³/mol. The molecule has 1 aromatic rings. The molecule has 0 aliphatic rings. The second-order valence-electron chi connectivity index (χ2n) is 1.28. The molecule has 0 saturated carbocycles. The minimum atomic E-state index is -0.459. The summed E-state index contributed by atoms with van der Waals surface area (Å²) >= 11 is 3.01. The van der Waals surface area contributed by atoms with Crippen LogP contribution in [0.2, 0.25) is 0 Å². The summed E-state index contributed by atoms with van der Waals surface area (Å²) in [5.41, 5.74) is 0. The molecule has 42 valence electrons. The molecule has 0 radical (unpaired) electrons. The van der Waals surface area contributed by atoms with Crippen molar-refractivity contribution in [1.29, 1.82) is 0 Å². The van der Waals surface area contributed by atoms with Gasteiger partial charge in [-0.05, 0) is 28.1 Å². The van der Waals surface area contributed by atoms with Crippen LogP contribution in [0.25, 0.3) is 0 Å². The van der Waals surface area contributed by atoms with Crippen molar-refractivity contribution >= 4 is 15.9 Å². The highest BCUT2D eigenvalue weighted by Crippen LogP contribution is 2.03. The topological polar surface area (TPSA) is 12.9 Å². The van der Waals surface area contributed by atoms with E-state index >= 15 is 0 Å². The second kappa shape index (κ2) is 2.22. The van der Waals surface area contributed by atoms with E-state index in [4.69, 9.17) is 0 Å². The Morgan fingerprint density at radius 1 is 1.50 bits per heavy atom. The molecule has 8 heavy (non-hydrogen) atoms. The third-order valence-corrected chi connectivity index (χ3v) is 1.12. The molecule has 1 heterocycles. The molecule has 0 aromatic carbocycles. The van der Waals surface area contributed by atoms with Gasteiger partial charge in [-0.15, -0.1) is 0 Å². The number of rotatable bonds is 0. The quantitative estimate of drug-likeness (QED) is 0.549. The maximum atomic E-state index is 12.0. The van der Waals surface area contributed by atoms with Crippen LogP contribution in [-0.2, 0) is 0 Å². The fourth-order valence-electron chi connectivity index (χ4n) is 0.383. The van der Waals surface area contributed by atoms with E-state index in [0.29, 0.717) is 4.60 Å². The zero-order valence-electron chi connectivity index (χ0n) is 3.94. The molecule has 0 fully saturated rings. The first-order valence-electron chi connectivity index (χ1n) is 2.07. The normalized spacial score (nSPS) is 9.25. The minimum absolute atomic E-state index is 0.459. The largest absolute Gasteiger partial charge is 0.213 e. The maximum Gasteiger partial charge on any atom is 0.213 e. The number of pyridine rings is 1. The second-order valence-corrected chi connectivity index (χ2v) is 2.10. The van der Waals surface area contributed by atoms with Gasteiger partial charge in [-0.1, -0.05) is 6.07 Å². The van der Waals surface area contributed by atoms with Gasteiger partial charge in [-0.25, -0.2) is 4.98 Å². The molecule has 0 saturated heterocycles. The van der Waals surface area contributed by atoms with E-state index in [1.165, 1.54) is 6.07 Å². The Hall–Kier alpha value is -0.440. The SMILES string of the molecule is [18F]c1cccc(Br)n1. The lowest BCUT2D eigenvalue weighted by molar-refractivity contribution is 0.581. The van der Waals surface area contributed by atoms with E-state index in [9.17, 15) is 4.39 Å². The lowest BCUT2D eigenvalue weighted by Gasteiger charge is -1.85. The highest BCUT2D eigenvalue weighted by Gasteiger charge is 1.87. The third kappa shape index (κ3) is 1.26. The maximum absolute atomic E-state index is 12.0. The Bertz CT molecular complexity index is 172. The van der Waals surface area contributed by atoms with Gasteiger partial charge in [0.05, 0.1) is 0 Å². The molecule has 0 bridgehead atoms. The molecular weight excluding hydrogens is 172 g/mol. The summed E-state index contributed by atoms with van der Waals surface area (Å²) in [6, 6.07) is 4.56. The van der Waals surface area contributed by atoms with Crippen LogP contribution in [-0.4, -0.2) is 4.98 Å². The Morgan fingerprint density at radius 3 is 2.62 bits per heavy atom. The zero-order valence-corrected chi connectivity index (χ0v) is 5.52. The number of halogens is 2. The number of nitrogens with zero attached hydrogens (tertiary/aromatic N) is 1. The van der Waals surface area contributed by atoms with E-state index < -0.39 is 5.95 Å². The highest BCUT2D eigenvalue weighted by molar-refractivity contribution is 9.10. The monoisotopic (exact) mass is 174 g/mol. The number of aromatic nitrogens is 1. The van der Waals surface area contributed by atoms with Gasteiger partial charge in [0.1, 0.15) is 4.60 Å². The predicted octanol–water partition coefficient (Wildman–Crippen LogP) is 1.98. The molecule has 0 aliphatic carbocycles. The molecule has 0 unspecified atom stereocenters. The van der Waals surface area contributed by atoms with Crippen LogP contribution >= 0.6 is 15.9 Å². The highest BCUT2D eigenvalue weighted by atomic mass is 79.9. The van der Waals surface area contributed by atoms with Gasteiger partial charge in [0.2, 0.25) is 5.95 Å². The average molecular weight is 175 g/mol. The summed E-state index contributed by atoms with van der Waals surface area (Å²) in [6.07, 6.45) is 0. The van der Waals surface area contributed by atoms with Crippen molar-refractivity contribution in [2.45, 2.75) is 0 Å². The van der Waals surface area contributed by atoms with E-state index in [-0.39, 0.29) is 0 Å². The van der Waals surface area contributed by atoms with E-state index in [1.807, 2.05) is 0 Å². The minimum Gasteiger partial charge on any atom is -0.213 e. The Balaban J connectivity index is 3.08. The fraction of sp³-hybridized carbons (Fsp3) is 0. The van der Waals surface area contributed by atoms with Crippen LogP contribution < -0.4 is 0 Å². The first-order valence-corrected chi connectivity index (χ1v) is 2.86. The summed E-state index contributed by atoms with van der Waals surface area (Å²) in [6.45, 7) is 0. The average Bonchev–Trinajstić information content (AvgIpc) is 1.64.